The number of benzene rings is 1. The lowest BCUT2D eigenvalue weighted by molar-refractivity contribution is 0.347. The minimum atomic E-state index is 0.714. The molecule has 0 saturated carbocycles. The molecular formula is C15H23NO3. The number of hydrogen-bond donors (Lipinski definition) is 1. The van der Waals surface area contributed by atoms with Crippen LogP contribution in [0, 0.1) is 5.92 Å². The average Bonchev–Trinajstić information content (AvgIpc) is 2.97. The summed E-state index contributed by atoms with van der Waals surface area (Å²) in [5.74, 6) is 3.13. The zero-order valence-electron chi connectivity index (χ0n) is 12.0. The summed E-state index contributed by atoms with van der Waals surface area (Å²) in [6.07, 6.45) is 3.46. The van der Waals surface area contributed by atoms with Gasteiger partial charge in [0.2, 0.25) is 0 Å². The molecule has 1 saturated heterocycles. The van der Waals surface area contributed by atoms with Gasteiger partial charge in [-0.1, -0.05) is 0 Å². The molecule has 1 N–H and O–H groups in total. The van der Waals surface area contributed by atoms with Crippen LogP contribution in [0.2, 0.25) is 0 Å². The molecule has 1 aliphatic heterocycles. The zero-order valence-corrected chi connectivity index (χ0v) is 12.0. The van der Waals surface area contributed by atoms with E-state index >= 15 is 0 Å². The van der Waals surface area contributed by atoms with Gasteiger partial charge in [0.15, 0.2) is 11.5 Å². The highest BCUT2D eigenvalue weighted by molar-refractivity contribution is 5.50. The van der Waals surface area contributed by atoms with Gasteiger partial charge in [0.05, 0.1) is 21.3 Å². The molecule has 1 atom stereocenters. The molecule has 0 amide bonds. The lowest BCUT2D eigenvalue weighted by Gasteiger charge is -2.15. The van der Waals surface area contributed by atoms with Gasteiger partial charge in [-0.3, -0.25) is 0 Å². The number of nitrogens with one attached hydrogen (secondary N) is 1. The Kier molecular flexibility index (Phi) is 4.91. The van der Waals surface area contributed by atoms with Crippen LogP contribution in [0.15, 0.2) is 12.1 Å². The highest BCUT2D eigenvalue weighted by Gasteiger charge is 2.17. The van der Waals surface area contributed by atoms with Crippen LogP contribution in [0.1, 0.15) is 18.4 Å². The van der Waals surface area contributed by atoms with Crippen LogP contribution >= 0.6 is 0 Å². The summed E-state index contributed by atoms with van der Waals surface area (Å²) in [7, 11) is 5.00. The first-order valence-corrected chi connectivity index (χ1v) is 6.78. The summed E-state index contributed by atoms with van der Waals surface area (Å²) < 4.78 is 16.1. The standard InChI is InChI=1S/C15H23NO3/c1-17-13-9-15(19-3)14(18-2)8-12(13)5-4-11-6-7-16-10-11/h8-9,11,16H,4-7,10H2,1-3H3. The SMILES string of the molecule is COc1cc(OC)c(OC)cc1CCC1CCNC1. The maximum Gasteiger partial charge on any atom is 0.164 e. The van der Waals surface area contributed by atoms with Crippen molar-refractivity contribution in [2.45, 2.75) is 19.3 Å². The lowest BCUT2D eigenvalue weighted by atomic mass is 9.98. The molecular weight excluding hydrogens is 242 g/mol. The summed E-state index contributed by atoms with van der Waals surface area (Å²) in [5.41, 5.74) is 1.19. The molecule has 0 spiro atoms. The van der Waals surface area contributed by atoms with E-state index in [1.165, 1.54) is 18.4 Å². The minimum Gasteiger partial charge on any atom is -0.496 e. The minimum absolute atomic E-state index is 0.714. The predicted octanol–water partition coefficient (Wildman–Crippen LogP) is 2.25. The van der Waals surface area contributed by atoms with Crippen molar-refractivity contribution in [1.29, 1.82) is 0 Å². The second-order valence-electron chi connectivity index (χ2n) is 4.92. The van der Waals surface area contributed by atoms with Gasteiger partial charge in [0.1, 0.15) is 5.75 Å². The molecule has 0 bridgehead atoms. The number of rotatable bonds is 6. The fraction of sp³-hybridized carbons (Fsp3) is 0.600. The summed E-state index contributed by atoms with van der Waals surface area (Å²) in [5, 5.41) is 3.40. The van der Waals surface area contributed by atoms with Crippen molar-refractivity contribution < 1.29 is 14.2 Å². The van der Waals surface area contributed by atoms with Crippen LogP contribution in [0.3, 0.4) is 0 Å². The van der Waals surface area contributed by atoms with E-state index in [0.717, 1.165) is 36.9 Å². The van der Waals surface area contributed by atoms with Gasteiger partial charge in [0, 0.05) is 6.07 Å². The summed E-state index contributed by atoms with van der Waals surface area (Å²) in [6.45, 7) is 2.28. The summed E-state index contributed by atoms with van der Waals surface area (Å²) in [6, 6.07) is 3.93. The molecule has 1 aromatic carbocycles. The molecule has 1 aromatic rings. The monoisotopic (exact) mass is 265 g/mol. The number of aryl methyl sites for hydroxylation is 1. The van der Waals surface area contributed by atoms with Crippen molar-refractivity contribution in [3.8, 4) is 17.2 Å². The molecule has 106 valence electrons. The Labute approximate surface area is 115 Å². The van der Waals surface area contributed by atoms with Gasteiger partial charge in [-0.05, 0) is 49.9 Å². The van der Waals surface area contributed by atoms with Crippen molar-refractivity contribution >= 4 is 0 Å². The van der Waals surface area contributed by atoms with Crippen LogP contribution in [-0.4, -0.2) is 34.4 Å². The van der Waals surface area contributed by atoms with Gasteiger partial charge in [0.25, 0.3) is 0 Å². The third-order valence-electron chi connectivity index (χ3n) is 3.77. The van der Waals surface area contributed by atoms with Gasteiger partial charge in [-0.25, -0.2) is 0 Å². The van der Waals surface area contributed by atoms with E-state index in [1.54, 1.807) is 21.3 Å². The summed E-state index contributed by atoms with van der Waals surface area (Å²) in [4.78, 5) is 0. The normalized spacial score (nSPS) is 18.4. The third-order valence-corrected chi connectivity index (χ3v) is 3.77. The van der Waals surface area contributed by atoms with Gasteiger partial charge in [-0.15, -0.1) is 0 Å². The Morgan fingerprint density at radius 2 is 1.74 bits per heavy atom. The molecule has 4 heteroatoms. The van der Waals surface area contributed by atoms with Crippen molar-refractivity contribution in [3.05, 3.63) is 17.7 Å². The Balaban J connectivity index is 2.12. The van der Waals surface area contributed by atoms with Crippen molar-refractivity contribution in [1.82, 2.24) is 5.32 Å². The highest BCUT2D eigenvalue weighted by Crippen LogP contribution is 2.35. The van der Waals surface area contributed by atoms with Crippen molar-refractivity contribution in [2.75, 3.05) is 34.4 Å². The fourth-order valence-corrected chi connectivity index (χ4v) is 2.61. The Morgan fingerprint density at radius 1 is 1.05 bits per heavy atom. The van der Waals surface area contributed by atoms with E-state index in [4.69, 9.17) is 14.2 Å². The summed E-state index contributed by atoms with van der Waals surface area (Å²) >= 11 is 0. The van der Waals surface area contributed by atoms with Crippen LogP contribution < -0.4 is 19.5 Å². The molecule has 2 rings (SSSR count). The second-order valence-corrected chi connectivity index (χ2v) is 4.92. The molecule has 1 heterocycles. The third kappa shape index (κ3) is 3.32. The first-order chi connectivity index (χ1) is 9.28. The second kappa shape index (κ2) is 6.66. The van der Waals surface area contributed by atoms with Crippen LogP contribution in [-0.2, 0) is 6.42 Å². The largest absolute Gasteiger partial charge is 0.496 e. The Hall–Kier alpha value is -1.42. The molecule has 4 nitrogen and oxygen atoms in total. The first-order valence-electron chi connectivity index (χ1n) is 6.78. The van der Waals surface area contributed by atoms with E-state index in [1.807, 2.05) is 12.1 Å². The number of ether oxygens (including phenoxy) is 3. The molecule has 1 aliphatic rings. The molecule has 19 heavy (non-hydrogen) atoms. The van der Waals surface area contributed by atoms with Crippen LogP contribution in [0.25, 0.3) is 0 Å². The molecule has 0 aromatic heterocycles. The molecule has 0 aliphatic carbocycles. The van der Waals surface area contributed by atoms with E-state index in [2.05, 4.69) is 5.32 Å². The van der Waals surface area contributed by atoms with Gasteiger partial charge in [-0.2, -0.15) is 0 Å². The Bertz CT molecular complexity index is 414. The quantitative estimate of drug-likeness (QED) is 0.856. The van der Waals surface area contributed by atoms with E-state index in [0.29, 0.717) is 5.75 Å². The van der Waals surface area contributed by atoms with Gasteiger partial charge < -0.3 is 19.5 Å². The molecule has 0 radical (unpaired) electrons. The van der Waals surface area contributed by atoms with E-state index in [-0.39, 0.29) is 0 Å². The van der Waals surface area contributed by atoms with E-state index < -0.39 is 0 Å². The number of hydrogen-bond acceptors (Lipinski definition) is 4. The molecule has 1 unspecified atom stereocenters. The topological polar surface area (TPSA) is 39.7 Å². The average molecular weight is 265 g/mol. The van der Waals surface area contributed by atoms with Crippen molar-refractivity contribution in [2.24, 2.45) is 5.92 Å². The number of methoxy groups -OCH3 is 3. The molecule has 1 fully saturated rings. The zero-order chi connectivity index (χ0) is 13.7. The fourth-order valence-electron chi connectivity index (χ4n) is 2.61. The first kappa shape index (κ1) is 14.0. The lowest BCUT2D eigenvalue weighted by Crippen LogP contribution is -2.09. The van der Waals surface area contributed by atoms with Crippen LogP contribution in [0.5, 0.6) is 17.2 Å². The van der Waals surface area contributed by atoms with Gasteiger partial charge >= 0.3 is 0 Å². The Morgan fingerprint density at radius 3 is 2.32 bits per heavy atom. The maximum atomic E-state index is 5.45. The highest BCUT2D eigenvalue weighted by atomic mass is 16.5. The van der Waals surface area contributed by atoms with Crippen molar-refractivity contribution in [3.63, 3.8) is 0 Å². The maximum absolute atomic E-state index is 5.45. The predicted molar refractivity (Wildman–Crippen MR) is 75.4 cm³/mol. The van der Waals surface area contributed by atoms with E-state index in [9.17, 15) is 0 Å². The smallest absolute Gasteiger partial charge is 0.164 e. The van der Waals surface area contributed by atoms with Crippen LogP contribution in [0.4, 0.5) is 0 Å².